The summed E-state index contributed by atoms with van der Waals surface area (Å²) in [7, 11) is -3.58. The van der Waals surface area contributed by atoms with Gasteiger partial charge in [-0.3, -0.25) is 4.79 Å². The molecular weight excluding hydrogens is 428 g/mol. The van der Waals surface area contributed by atoms with Crippen molar-refractivity contribution in [1.82, 2.24) is 4.31 Å². The number of sulfonamides is 1. The van der Waals surface area contributed by atoms with Gasteiger partial charge in [-0.05, 0) is 76.4 Å². The number of hydrogen-bond donors (Lipinski definition) is 1. The van der Waals surface area contributed by atoms with Crippen LogP contribution < -0.4 is 5.32 Å². The van der Waals surface area contributed by atoms with Crippen LogP contribution in [0.15, 0.2) is 47.4 Å². The molecule has 0 unspecified atom stereocenters. The molecule has 0 aromatic heterocycles. The molecule has 1 N–H and O–H groups in total. The third-order valence-electron chi connectivity index (χ3n) is 5.50. The second-order valence-corrected chi connectivity index (χ2v) is 10.4. The predicted octanol–water partition coefficient (Wildman–Crippen LogP) is 3.91. The summed E-state index contributed by atoms with van der Waals surface area (Å²) in [5.41, 5.74) is 2.75. The molecule has 0 radical (unpaired) electrons. The molecule has 0 bridgehead atoms. The highest BCUT2D eigenvalue weighted by atomic mass is 32.2. The van der Waals surface area contributed by atoms with E-state index >= 15 is 0 Å². The first-order valence-corrected chi connectivity index (χ1v) is 12.2. The number of amides is 1. The molecule has 3 rings (SSSR count). The van der Waals surface area contributed by atoms with Crippen LogP contribution in [0.3, 0.4) is 0 Å². The topological polar surface area (TPSA) is 92.8 Å². The van der Waals surface area contributed by atoms with E-state index in [4.69, 9.17) is 4.74 Å². The van der Waals surface area contributed by atoms with Gasteiger partial charge in [0.25, 0.3) is 0 Å². The Bertz CT molecular complexity index is 1090. The third kappa shape index (κ3) is 5.55. The smallest absolute Gasteiger partial charge is 0.338 e. The zero-order valence-electron chi connectivity index (χ0n) is 18.9. The predicted molar refractivity (Wildman–Crippen MR) is 123 cm³/mol. The standard InChI is InChI=1S/C24H30N2O5S/c1-16(2)31-24(28)20-6-8-21(9-7-20)25-23(27)19-11-13-26(14-12-19)32(29,30)22-10-5-17(3)15-18(22)4/h5-10,15-16,19H,11-14H2,1-4H3,(H,25,27). The molecule has 1 heterocycles. The van der Waals surface area contributed by atoms with E-state index in [2.05, 4.69) is 5.32 Å². The molecule has 7 nitrogen and oxygen atoms in total. The molecule has 0 atom stereocenters. The number of piperidine rings is 1. The van der Waals surface area contributed by atoms with Crippen LogP contribution >= 0.6 is 0 Å². The highest BCUT2D eigenvalue weighted by Crippen LogP contribution is 2.27. The Morgan fingerprint density at radius 3 is 2.22 bits per heavy atom. The minimum atomic E-state index is -3.58. The summed E-state index contributed by atoms with van der Waals surface area (Å²) in [6.45, 7) is 7.89. The maximum atomic E-state index is 13.0. The van der Waals surface area contributed by atoms with E-state index in [0.29, 0.717) is 42.1 Å². The summed E-state index contributed by atoms with van der Waals surface area (Å²) in [5.74, 6) is -0.826. The van der Waals surface area contributed by atoms with E-state index < -0.39 is 16.0 Å². The lowest BCUT2D eigenvalue weighted by molar-refractivity contribution is -0.120. The molecule has 1 aliphatic rings. The molecule has 1 saturated heterocycles. The number of carbonyl (C=O) groups excluding carboxylic acids is 2. The van der Waals surface area contributed by atoms with Crippen LogP contribution in [0.1, 0.15) is 48.2 Å². The fraction of sp³-hybridized carbons (Fsp3) is 0.417. The molecule has 2 aromatic rings. The lowest BCUT2D eigenvalue weighted by Crippen LogP contribution is -2.41. The first-order chi connectivity index (χ1) is 15.1. The fourth-order valence-electron chi connectivity index (χ4n) is 3.80. The van der Waals surface area contributed by atoms with Crippen LogP contribution in [0.4, 0.5) is 5.69 Å². The number of hydrogen-bond acceptors (Lipinski definition) is 5. The van der Waals surface area contributed by atoms with E-state index in [1.807, 2.05) is 13.0 Å². The Morgan fingerprint density at radius 1 is 1.03 bits per heavy atom. The van der Waals surface area contributed by atoms with Gasteiger partial charge in [-0.15, -0.1) is 0 Å². The molecule has 1 aliphatic heterocycles. The van der Waals surface area contributed by atoms with Gasteiger partial charge in [-0.1, -0.05) is 17.7 Å². The second-order valence-electron chi connectivity index (χ2n) is 8.47. The summed E-state index contributed by atoms with van der Waals surface area (Å²) in [6, 6.07) is 11.9. The van der Waals surface area contributed by atoms with Crippen molar-refractivity contribution in [2.45, 2.75) is 51.5 Å². The summed E-state index contributed by atoms with van der Waals surface area (Å²) in [6.07, 6.45) is 0.704. The molecule has 32 heavy (non-hydrogen) atoms. The van der Waals surface area contributed by atoms with Gasteiger partial charge in [-0.2, -0.15) is 4.31 Å². The monoisotopic (exact) mass is 458 g/mol. The Balaban J connectivity index is 1.58. The quantitative estimate of drug-likeness (QED) is 0.663. The summed E-state index contributed by atoms with van der Waals surface area (Å²) >= 11 is 0. The number of esters is 1. The van der Waals surface area contributed by atoms with Crippen molar-refractivity contribution < 1.29 is 22.7 Å². The van der Waals surface area contributed by atoms with Gasteiger partial charge < -0.3 is 10.1 Å². The fourth-order valence-corrected chi connectivity index (χ4v) is 5.48. The average Bonchev–Trinajstić information content (AvgIpc) is 2.73. The highest BCUT2D eigenvalue weighted by Gasteiger charge is 2.32. The van der Waals surface area contributed by atoms with Crippen LogP contribution in [0, 0.1) is 19.8 Å². The molecule has 8 heteroatoms. The second kappa shape index (κ2) is 9.83. The van der Waals surface area contributed by atoms with Crippen molar-refractivity contribution >= 4 is 27.6 Å². The average molecular weight is 459 g/mol. The number of benzene rings is 2. The molecular formula is C24H30N2O5S. The number of anilines is 1. The van der Waals surface area contributed by atoms with Crippen LogP contribution in [0.2, 0.25) is 0 Å². The van der Waals surface area contributed by atoms with Gasteiger partial charge in [-0.25, -0.2) is 13.2 Å². The van der Waals surface area contributed by atoms with Crippen LogP contribution in [0.5, 0.6) is 0 Å². The summed E-state index contributed by atoms with van der Waals surface area (Å²) in [5, 5.41) is 2.86. The first-order valence-electron chi connectivity index (χ1n) is 10.8. The molecule has 0 saturated carbocycles. The largest absolute Gasteiger partial charge is 0.459 e. The zero-order valence-corrected chi connectivity index (χ0v) is 19.7. The van der Waals surface area contributed by atoms with E-state index in [1.54, 1.807) is 57.2 Å². The summed E-state index contributed by atoms with van der Waals surface area (Å²) < 4.78 is 32.7. The molecule has 0 aliphatic carbocycles. The lowest BCUT2D eigenvalue weighted by atomic mass is 9.97. The van der Waals surface area contributed by atoms with E-state index in [1.165, 1.54) is 4.31 Å². The van der Waals surface area contributed by atoms with Crippen molar-refractivity contribution in [3.05, 3.63) is 59.2 Å². The maximum absolute atomic E-state index is 13.0. The Hall–Kier alpha value is -2.71. The summed E-state index contributed by atoms with van der Waals surface area (Å²) in [4.78, 5) is 24.9. The Morgan fingerprint density at radius 2 is 1.66 bits per heavy atom. The van der Waals surface area contributed by atoms with Crippen LogP contribution in [-0.2, 0) is 19.6 Å². The molecule has 1 amide bonds. The number of nitrogens with one attached hydrogen (secondary N) is 1. The Kier molecular flexibility index (Phi) is 7.36. The van der Waals surface area contributed by atoms with Gasteiger partial charge in [0.2, 0.25) is 15.9 Å². The van der Waals surface area contributed by atoms with E-state index in [0.717, 1.165) is 11.1 Å². The third-order valence-corrected chi connectivity index (χ3v) is 7.56. The number of carbonyl (C=O) groups is 2. The van der Waals surface area contributed by atoms with Gasteiger partial charge >= 0.3 is 5.97 Å². The maximum Gasteiger partial charge on any atom is 0.338 e. The molecule has 172 valence electrons. The SMILES string of the molecule is Cc1ccc(S(=O)(=O)N2CCC(C(=O)Nc3ccc(C(=O)OC(C)C)cc3)CC2)c(C)c1. The van der Waals surface area contributed by atoms with E-state index in [9.17, 15) is 18.0 Å². The van der Waals surface area contributed by atoms with Gasteiger partial charge in [0.15, 0.2) is 0 Å². The minimum absolute atomic E-state index is 0.147. The van der Waals surface area contributed by atoms with Gasteiger partial charge in [0.1, 0.15) is 0 Å². The Labute approximate surface area is 189 Å². The van der Waals surface area contributed by atoms with Gasteiger partial charge in [0, 0.05) is 24.7 Å². The van der Waals surface area contributed by atoms with Crippen molar-refractivity contribution in [3.63, 3.8) is 0 Å². The minimum Gasteiger partial charge on any atom is -0.459 e. The zero-order chi connectivity index (χ0) is 23.5. The van der Waals surface area contributed by atoms with Crippen LogP contribution in [0.25, 0.3) is 0 Å². The number of ether oxygens (including phenoxy) is 1. The highest BCUT2D eigenvalue weighted by molar-refractivity contribution is 7.89. The van der Waals surface area contributed by atoms with Crippen molar-refractivity contribution in [1.29, 1.82) is 0 Å². The molecule has 1 fully saturated rings. The number of aryl methyl sites for hydroxylation is 2. The first kappa shape index (κ1) is 23.9. The van der Waals surface area contributed by atoms with Crippen LogP contribution in [-0.4, -0.2) is 43.8 Å². The van der Waals surface area contributed by atoms with Crippen molar-refractivity contribution in [2.75, 3.05) is 18.4 Å². The normalized spacial score (nSPS) is 15.5. The van der Waals surface area contributed by atoms with Crippen molar-refractivity contribution in [3.8, 4) is 0 Å². The lowest BCUT2D eigenvalue weighted by Gasteiger charge is -2.31. The van der Waals surface area contributed by atoms with E-state index in [-0.39, 0.29) is 17.9 Å². The number of rotatable bonds is 6. The van der Waals surface area contributed by atoms with Gasteiger partial charge in [0.05, 0.1) is 16.6 Å². The molecule has 2 aromatic carbocycles. The molecule has 0 spiro atoms. The van der Waals surface area contributed by atoms with Crippen molar-refractivity contribution in [2.24, 2.45) is 5.92 Å². The number of nitrogens with zero attached hydrogens (tertiary/aromatic N) is 1.